The van der Waals surface area contributed by atoms with E-state index in [-0.39, 0.29) is 29.7 Å². The topological polar surface area (TPSA) is 100 Å². The number of aliphatic hydroxyl groups excluding tert-OH is 1. The molecular formula is C30H47N3O5. The first-order valence-corrected chi connectivity index (χ1v) is 14.5. The van der Waals surface area contributed by atoms with E-state index in [0.717, 1.165) is 18.5 Å². The van der Waals surface area contributed by atoms with Crippen molar-refractivity contribution >= 4 is 12.0 Å². The third-order valence-corrected chi connectivity index (χ3v) is 8.36. The number of benzene rings is 1. The van der Waals surface area contributed by atoms with E-state index in [2.05, 4.69) is 15.5 Å². The maximum atomic E-state index is 13.4. The predicted molar refractivity (Wildman–Crippen MR) is 147 cm³/mol. The number of likely N-dealkylation sites (tertiary alicyclic amines) is 1. The molecule has 3 fully saturated rings. The molecule has 0 radical (unpaired) electrons. The number of nitrogens with one attached hydrogen (secondary N) is 2. The van der Waals surface area contributed by atoms with Crippen LogP contribution in [0.15, 0.2) is 30.3 Å². The van der Waals surface area contributed by atoms with Gasteiger partial charge in [-0.15, -0.1) is 0 Å². The minimum absolute atomic E-state index is 0.0240. The van der Waals surface area contributed by atoms with Gasteiger partial charge in [0.25, 0.3) is 0 Å². The van der Waals surface area contributed by atoms with Crippen molar-refractivity contribution in [3.8, 4) is 0 Å². The number of hydrogen-bond acceptors (Lipinski definition) is 6. The van der Waals surface area contributed by atoms with E-state index in [4.69, 9.17) is 9.47 Å². The van der Waals surface area contributed by atoms with Crippen LogP contribution in [-0.4, -0.2) is 77.6 Å². The quantitative estimate of drug-likeness (QED) is 0.475. The lowest BCUT2D eigenvalue weighted by Crippen LogP contribution is -2.60. The van der Waals surface area contributed by atoms with Gasteiger partial charge < -0.3 is 25.2 Å². The molecule has 8 heteroatoms. The standard InChI is InChI=1S/C30H47N3O5/c1-20-27(14-15-37-20)38-29(36)31-24(16-21-10-6-5-7-11-21)26(34)19-33-18-23-13-9-8-12-22(23)17-25(33)28(35)32-30(2,3)4/h5-7,10-11,20,22-27,34H,8-9,12-19H2,1-4H3,(H,31,36)(H,32,35)/t20-,22+,23-,24+,25+,26-,27-/m1/s1. The summed E-state index contributed by atoms with van der Waals surface area (Å²) in [6.45, 7) is 9.58. The molecule has 1 saturated carbocycles. The minimum Gasteiger partial charge on any atom is -0.443 e. The molecule has 8 nitrogen and oxygen atoms in total. The second kappa shape index (κ2) is 12.8. The van der Waals surface area contributed by atoms with Crippen molar-refractivity contribution in [2.75, 3.05) is 19.7 Å². The molecule has 3 aliphatic rings. The average Bonchev–Trinajstić information content (AvgIpc) is 3.26. The first-order chi connectivity index (χ1) is 18.1. The fourth-order valence-electron chi connectivity index (χ4n) is 6.34. The summed E-state index contributed by atoms with van der Waals surface area (Å²) in [5.74, 6) is 1.12. The van der Waals surface area contributed by atoms with Gasteiger partial charge in [0.05, 0.1) is 30.9 Å². The summed E-state index contributed by atoms with van der Waals surface area (Å²) < 4.78 is 11.2. The first kappa shape index (κ1) is 28.8. The number of carbonyl (C=O) groups excluding carboxylic acids is 2. The zero-order chi connectivity index (χ0) is 27.3. The van der Waals surface area contributed by atoms with Gasteiger partial charge in [0, 0.05) is 25.0 Å². The largest absolute Gasteiger partial charge is 0.443 e. The van der Waals surface area contributed by atoms with Crippen LogP contribution in [0.1, 0.15) is 71.8 Å². The number of aliphatic hydroxyl groups is 1. The lowest BCUT2D eigenvalue weighted by atomic mass is 9.72. The van der Waals surface area contributed by atoms with Crippen LogP contribution in [0.3, 0.4) is 0 Å². The number of ether oxygens (including phenoxy) is 2. The molecule has 4 rings (SSSR count). The smallest absolute Gasteiger partial charge is 0.407 e. The van der Waals surface area contributed by atoms with Gasteiger partial charge in [-0.25, -0.2) is 4.79 Å². The second-order valence-electron chi connectivity index (χ2n) is 12.6. The van der Waals surface area contributed by atoms with Crippen LogP contribution in [0, 0.1) is 11.8 Å². The van der Waals surface area contributed by atoms with Crippen molar-refractivity contribution in [2.45, 2.75) is 109 Å². The van der Waals surface area contributed by atoms with Gasteiger partial charge in [-0.3, -0.25) is 9.69 Å². The molecule has 1 aliphatic carbocycles. The van der Waals surface area contributed by atoms with Gasteiger partial charge in [0.15, 0.2) is 0 Å². The fraction of sp³-hybridized carbons (Fsp3) is 0.733. The van der Waals surface area contributed by atoms with Crippen LogP contribution >= 0.6 is 0 Å². The number of carbonyl (C=O) groups is 2. The van der Waals surface area contributed by atoms with Gasteiger partial charge >= 0.3 is 6.09 Å². The summed E-state index contributed by atoms with van der Waals surface area (Å²) >= 11 is 0. The predicted octanol–water partition coefficient (Wildman–Crippen LogP) is 3.66. The molecule has 2 saturated heterocycles. The number of β-amino-alcohol motifs (C(OH)–C–C–N with tert-alkyl or cyclic N) is 1. The first-order valence-electron chi connectivity index (χ1n) is 14.5. The highest BCUT2D eigenvalue weighted by Crippen LogP contribution is 2.39. The van der Waals surface area contributed by atoms with E-state index < -0.39 is 18.2 Å². The Balaban J connectivity index is 1.48. The molecule has 212 valence electrons. The highest BCUT2D eigenvalue weighted by molar-refractivity contribution is 5.82. The lowest BCUT2D eigenvalue weighted by Gasteiger charge is -2.47. The number of piperidine rings is 1. The molecule has 0 aromatic heterocycles. The van der Waals surface area contributed by atoms with Crippen molar-refractivity contribution < 1.29 is 24.2 Å². The number of rotatable bonds is 8. The molecule has 3 N–H and O–H groups in total. The Kier molecular flexibility index (Phi) is 9.71. The van der Waals surface area contributed by atoms with Crippen molar-refractivity contribution in [3.63, 3.8) is 0 Å². The molecule has 2 amide bonds. The molecule has 0 bridgehead atoms. The Hall–Kier alpha value is -2.16. The maximum absolute atomic E-state index is 13.4. The molecule has 0 unspecified atom stereocenters. The highest BCUT2D eigenvalue weighted by Gasteiger charge is 2.42. The normalized spacial score (nSPS) is 29.7. The van der Waals surface area contributed by atoms with Crippen LogP contribution in [0.5, 0.6) is 0 Å². The SMILES string of the molecule is C[C@H]1OCC[C@H]1OC(=O)N[C@@H](Cc1ccccc1)[C@H](O)CN1C[C@H]2CCCC[C@H]2C[C@H]1C(=O)NC(C)(C)C. The van der Waals surface area contributed by atoms with Crippen molar-refractivity contribution in [2.24, 2.45) is 11.8 Å². The van der Waals surface area contributed by atoms with Crippen LogP contribution in [0.25, 0.3) is 0 Å². The third-order valence-electron chi connectivity index (χ3n) is 8.36. The van der Waals surface area contributed by atoms with E-state index in [1.54, 1.807) is 0 Å². The van der Waals surface area contributed by atoms with Crippen molar-refractivity contribution in [1.29, 1.82) is 0 Å². The van der Waals surface area contributed by atoms with Crippen molar-refractivity contribution in [3.05, 3.63) is 35.9 Å². The Bertz CT molecular complexity index is 920. The number of amides is 2. The number of alkyl carbamates (subject to hydrolysis) is 1. The molecule has 1 aromatic rings. The number of nitrogens with zero attached hydrogens (tertiary/aromatic N) is 1. The summed E-state index contributed by atoms with van der Waals surface area (Å²) in [6.07, 6.45) is 4.91. The Morgan fingerprint density at radius 3 is 2.50 bits per heavy atom. The van der Waals surface area contributed by atoms with Crippen molar-refractivity contribution in [1.82, 2.24) is 15.5 Å². The summed E-state index contributed by atoms with van der Waals surface area (Å²) in [5.41, 5.74) is 0.690. The van der Waals surface area contributed by atoms with E-state index in [9.17, 15) is 14.7 Å². The molecule has 7 atom stereocenters. The Labute approximate surface area is 227 Å². The molecule has 1 aromatic carbocycles. The van der Waals surface area contributed by atoms with E-state index in [1.165, 1.54) is 25.7 Å². The molecule has 0 spiro atoms. The molecule has 38 heavy (non-hydrogen) atoms. The second-order valence-corrected chi connectivity index (χ2v) is 12.6. The third kappa shape index (κ3) is 7.93. The van der Waals surface area contributed by atoms with E-state index in [0.29, 0.717) is 37.8 Å². The lowest BCUT2D eigenvalue weighted by molar-refractivity contribution is -0.132. The molecule has 2 heterocycles. The van der Waals surface area contributed by atoms with Crippen LogP contribution in [-0.2, 0) is 20.7 Å². The van der Waals surface area contributed by atoms with Crippen LogP contribution in [0.2, 0.25) is 0 Å². The Morgan fingerprint density at radius 2 is 1.84 bits per heavy atom. The van der Waals surface area contributed by atoms with Crippen LogP contribution < -0.4 is 10.6 Å². The fourth-order valence-corrected chi connectivity index (χ4v) is 6.34. The zero-order valence-corrected chi connectivity index (χ0v) is 23.5. The van der Waals surface area contributed by atoms with Gasteiger partial charge in [-0.2, -0.15) is 0 Å². The van der Waals surface area contributed by atoms with E-state index in [1.807, 2.05) is 58.0 Å². The summed E-state index contributed by atoms with van der Waals surface area (Å²) in [6, 6.07) is 9.00. The molecular weight excluding hydrogens is 482 g/mol. The van der Waals surface area contributed by atoms with Crippen LogP contribution in [0.4, 0.5) is 4.79 Å². The summed E-state index contributed by atoms with van der Waals surface area (Å²) in [5, 5.41) is 17.7. The molecule has 2 aliphatic heterocycles. The highest BCUT2D eigenvalue weighted by atomic mass is 16.6. The summed E-state index contributed by atoms with van der Waals surface area (Å²) in [4.78, 5) is 28.5. The number of fused-ring (bicyclic) bond motifs is 1. The Morgan fingerprint density at radius 1 is 1.13 bits per heavy atom. The van der Waals surface area contributed by atoms with Gasteiger partial charge in [-0.1, -0.05) is 49.6 Å². The maximum Gasteiger partial charge on any atom is 0.407 e. The monoisotopic (exact) mass is 529 g/mol. The minimum atomic E-state index is -0.870. The van der Waals surface area contributed by atoms with E-state index >= 15 is 0 Å². The van der Waals surface area contributed by atoms with Gasteiger partial charge in [0.1, 0.15) is 6.10 Å². The summed E-state index contributed by atoms with van der Waals surface area (Å²) in [7, 11) is 0. The average molecular weight is 530 g/mol. The number of hydrogen-bond donors (Lipinski definition) is 3. The van der Waals surface area contributed by atoms with Gasteiger partial charge in [0.2, 0.25) is 5.91 Å². The zero-order valence-electron chi connectivity index (χ0n) is 23.5. The van der Waals surface area contributed by atoms with Gasteiger partial charge in [-0.05, 0) is 64.4 Å².